The highest BCUT2D eigenvalue weighted by molar-refractivity contribution is 5.95. The third kappa shape index (κ3) is 5.62. The molecule has 0 fully saturated rings. The molecule has 1 amide bonds. The minimum Gasteiger partial charge on any atom is -0.494 e. The summed E-state index contributed by atoms with van der Waals surface area (Å²) in [7, 11) is 0. The normalized spacial score (nSPS) is 10.7. The van der Waals surface area contributed by atoms with E-state index in [9.17, 15) is 4.79 Å². The first-order valence-electron chi connectivity index (χ1n) is 9.09. The zero-order valence-electron chi connectivity index (χ0n) is 15.7. The second-order valence-corrected chi connectivity index (χ2v) is 5.84. The second kappa shape index (κ2) is 10.2. The molecule has 0 aromatic heterocycles. The summed E-state index contributed by atoms with van der Waals surface area (Å²) in [5, 5.41) is 4.04. The van der Waals surface area contributed by atoms with E-state index in [1.165, 1.54) is 5.69 Å². The summed E-state index contributed by atoms with van der Waals surface area (Å²) in [6.45, 7) is 8.94. The Morgan fingerprint density at radius 1 is 1.04 bits per heavy atom. The quantitative estimate of drug-likeness (QED) is 0.546. The maximum Gasteiger partial charge on any atom is 0.271 e. The monoisotopic (exact) mass is 353 g/mol. The molecule has 2 rings (SSSR count). The SMILES string of the molecule is CCCOc1ccc(C(=O)N/N=C/c2ccc(N(CC)CC)cc2)cc1. The highest BCUT2D eigenvalue weighted by Gasteiger charge is 2.04. The molecular weight excluding hydrogens is 326 g/mol. The van der Waals surface area contributed by atoms with Crippen LogP contribution in [0.4, 0.5) is 5.69 Å². The zero-order valence-corrected chi connectivity index (χ0v) is 15.7. The molecule has 5 nitrogen and oxygen atoms in total. The molecule has 138 valence electrons. The number of hydrogen-bond acceptors (Lipinski definition) is 4. The van der Waals surface area contributed by atoms with Gasteiger partial charge in [0.15, 0.2) is 0 Å². The molecule has 2 aromatic rings. The number of amides is 1. The second-order valence-electron chi connectivity index (χ2n) is 5.84. The molecule has 0 bridgehead atoms. The topological polar surface area (TPSA) is 53.9 Å². The molecule has 0 unspecified atom stereocenters. The highest BCUT2D eigenvalue weighted by atomic mass is 16.5. The third-order valence-electron chi connectivity index (χ3n) is 3.99. The fraction of sp³-hybridized carbons (Fsp3) is 0.333. The van der Waals surface area contributed by atoms with E-state index in [4.69, 9.17) is 4.74 Å². The minimum absolute atomic E-state index is 0.247. The molecule has 0 heterocycles. The average Bonchev–Trinajstić information content (AvgIpc) is 2.69. The Bertz CT molecular complexity index is 705. The number of anilines is 1. The summed E-state index contributed by atoms with van der Waals surface area (Å²) >= 11 is 0. The number of carbonyl (C=O) groups is 1. The first-order valence-corrected chi connectivity index (χ1v) is 9.09. The van der Waals surface area contributed by atoms with Crippen molar-refractivity contribution in [1.29, 1.82) is 0 Å². The van der Waals surface area contributed by atoms with Crippen LogP contribution in [0, 0.1) is 0 Å². The smallest absolute Gasteiger partial charge is 0.271 e. The number of hydrogen-bond donors (Lipinski definition) is 1. The van der Waals surface area contributed by atoms with Gasteiger partial charge in [0.25, 0.3) is 5.91 Å². The van der Waals surface area contributed by atoms with Gasteiger partial charge in [-0.2, -0.15) is 5.10 Å². The van der Waals surface area contributed by atoms with Crippen LogP contribution < -0.4 is 15.1 Å². The Hall–Kier alpha value is -2.82. The van der Waals surface area contributed by atoms with Crippen molar-refractivity contribution in [2.75, 3.05) is 24.6 Å². The fourth-order valence-corrected chi connectivity index (χ4v) is 2.51. The van der Waals surface area contributed by atoms with Gasteiger partial charge in [-0.3, -0.25) is 4.79 Å². The van der Waals surface area contributed by atoms with E-state index in [2.05, 4.69) is 48.3 Å². The summed E-state index contributed by atoms with van der Waals surface area (Å²) in [6.07, 6.45) is 2.59. The fourth-order valence-electron chi connectivity index (χ4n) is 2.51. The first kappa shape index (κ1) is 19.5. The molecule has 0 atom stereocenters. The van der Waals surface area contributed by atoms with E-state index in [1.807, 2.05) is 12.1 Å². The number of nitrogens with zero attached hydrogens (tertiary/aromatic N) is 2. The first-order chi connectivity index (χ1) is 12.7. The van der Waals surface area contributed by atoms with E-state index >= 15 is 0 Å². The number of carbonyl (C=O) groups excluding carboxylic acids is 1. The number of ether oxygens (including phenoxy) is 1. The Balaban J connectivity index is 1.90. The Morgan fingerprint density at radius 3 is 2.27 bits per heavy atom. The molecule has 0 radical (unpaired) electrons. The average molecular weight is 353 g/mol. The number of rotatable bonds is 9. The van der Waals surface area contributed by atoms with Crippen molar-refractivity contribution in [3.63, 3.8) is 0 Å². The van der Waals surface area contributed by atoms with Crippen molar-refractivity contribution in [3.05, 3.63) is 59.7 Å². The van der Waals surface area contributed by atoms with E-state index in [0.717, 1.165) is 30.8 Å². The van der Waals surface area contributed by atoms with Crippen LogP contribution in [0.3, 0.4) is 0 Å². The number of nitrogens with one attached hydrogen (secondary N) is 1. The zero-order chi connectivity index (χ0) is 18.8. The van der Waals surface area contributed by atoms with E-state index < -0.39 is 0 Å². The molecule has 0 saturated heterocycles. The largest absolute Gasteiger partial charge is 0.494 e. The maximum absolute atomic E-state index is 12.1. The van der Waals surface area contributed by atoms with Gasteiger partial charge in [0.05, 0.1) is 12.8 Å². The highest BCUT2D eigenvalue weighted by Crippen LogP contribution is 2.14. The van der Waals surface area contributed by atoms with Crippen LogP contribution >= 0.6 is 0 Å². The summed E-state index contributed by atoms with van der Waals surface area (Å²) in [5.41, 5.74) is 5.21. The van der Waals surface area contributed by atoms with Gasteiger partial charge in [0.2, 0.25) is 0 Å². The van der Waals surface area contributed by atoms with E-state index in [0.29, 0.717) is 12.2 Å². The van der Waals surface area contributed by atoms with Crippen molar-refractivity contribution in [1.82, 2.24) is 5.43 Å². The molecule has 2 aromatic carbocycles. The lowest BCUT2D eigenvalue weighted by atomic mass is 10.2. The van der Waals surface area contributed by atoms with Crippen LogP contribution in [0.1, 0.15) is 43.1 Å². The number of benzene rings is 2. The van der Waals surface area contributed by atoms with Gasteiger partial charge >= 0.3 is 0 Å². The lowest BCUT2D eigenvalue weighted by Gasteiger charge is -2.20. The predicted octanol–water partition coefficient (Wildman–Crippen LogP) is 4.09. The van der Waals surface area contributed by atoms with Crippen LogP contribution in [0.2, 0.25) is 0 Å². The van der Waals surface area contributed by atoms with Gasteiger partial charge in [-0.15, -0.1) is 0 Å². The molecular formula is C21H27N3O2. The molecule has 0 aliphatic heterocycles. The summed E-state index contributed by atoms with van der Waals surface area (Å²) < 4.78 is 5.51. The summed E-state index contributed by atoms with van der Waals surface area (Å²) in [4.78, 5) is 14.4. The van der Waals surface area contributed by atoms with Crippen LogP contribution in [0.5, 0.6) is 5.75 Å². The molecule has 5 heteroatoms. The molecule has 0 aliphatic carbocycles. The molecule has 0 aliphatic rings. The van der Waals surface area contributed by atoms with Crippen LogP contribution in [-0.2, 0) is 0 Å². The summed E-state index contributed by atoms with van der Waals surface area (Å²) in [6, 6.07) is 15.1. The van der Waals surface area contributed by atoms with Crippen molar-refractivity contribution in [2.45, 2.75) is 27.2 Å². The van der Waals surface area contributed by atoms with Gasteiger partial charge < -0.3 is 9.64 Å². The van der Waals surface area contributed by atoms with Crippen molar-refractivity contribution in [2.24, 2.45) is 5.10 Å². The number of hydrazone groups is 1. The van der Waals surface area contributed by atoms with Crippen molar-refractivity contribution >= 4 is 17.8 Å². The van der Waals surface area contributed by atoms with Gasteiger partial charge in [-0.05, 0) is 62.2 Å². The van der Waals surface area contributed by atoms with E-state index in [-0.39, 0.29) is 5.91 Å². The van der Waals surface area contributed by atoms with Crippen molar-refractivity contribution in [3.8, 4) is 5.75 Å². The van der Waals surface area contributed by atoms with Gasteiger partial charge in [-0.1, -0.05) is 19.1 Å². The third-order valence-corrected chi connectivity index (χ3v) is 3.99. The standard InChI is InChI=1S/C21H27N3O2/c1-4-15-26-20-13-9-18(10-14-20)21(25)23-22-16-17-7-11-19(12-8-17)24(5-2)6-3/h7-14,16H,4-6,15H2,1-3H3,(H,23,25)/b22-16+. The Kier molecular flexibility index (Phi) is 7.68. The van der Waals surface area contributed by atoms with Crippen LogP contribution in [0.25, 0.3) is 0 Å². The maximum atomic E-state index is 12.1. The van der Waals surface area contributed by atoms with E-state index in [1.54, 1.807) is 30.5 Å². The lowest BCUT2D eigenvalue weighted by molar-refractivity contribution is 0.0955. The van der Waals surface area contributed by atoms with Crippen LogP contribution in [0.15, 0.2) is 53.6 Å². The minimum atomic E-state index is -0.247. The van der Waals surface area contributed by atoms with Crippen LogP contribution in [-0.4, -0.2) is 31.8 Å². The van der Waals surface area contributed by atoms with Gasteiger partial charge in [-0.25, -0.2) is 5.43 Å². The molecule has 1 N–H and O–H groups in total. The molecule has 0 saturated carbocycles. The predicted molar refractivity (Wildman–Crippen MR) is 107 cm³/mol. The lowest BCUT2D eigenvalue weighted by Crippen LogP contribution is -2.21. The Morgan fingerprint density at radius 2 is 1.69 bits per heavy atom. The van der Waals surface area contributed by atoms with Gasteiger partial charge in [0.1, 0.15) is 5.75 Å². The van der Waals surface area contributed by atoms with Crippen molar-refractivity contribution < 1.29 is 9.53 Å². The molecule has 0 spiro atoms. The summed E-state index contributed by atoms with van der Waals surface area (Å²) in [5.74, 6) is 0.517. The molecule has 26 heavy (non-hydrogen) atoms. The van der Waals surface area contributed by atoms with Gasteiger partial charge in [0, 0.05) is 24.3 Å². The Labute approximate surface area is 155 Å².